The molecule has 2 N–H and O–H groups in total. The zero-order valence-electron chi connectivity index (χ0n) is 13.4. The minimum atomic E-state index is 0.0155. The van der Waals surface area contributed by atoms with E-state index in [0.29, 0.717) is 16.8 Å². The predicted octanol–water partition coefficient (Wildman–Crippen LogP) is 3.66. The molecule has 0 radical (unpaired) electrons. The number of nitrogens with zero attached hydrogens (tertiary/aromatic N) is 5. The first kappa shape index (κ1) is 16.2. The van der Waals surface area contributed by atoms with Crippen LogP contribution in [0, 0.1) is 0 Å². The molecule has 0 aromatic carbocycles. The summed E-state index contributed by atoms with van der Waals surface area (Å²) in [5.74, 6) is 1.02. The van der Waals surface area contributed by atoms with Gasteiger partial charge < -0.3 is 10.6 Å². The second-order valence-electron chi connectivity index (χ2n) is 5.25. The van der Waals surface area contributed by atoms with Crippen molar-refractivity contribution in [1.82, 2.24) is 24.7 Å². The van der Waals surface area contributed by atoms with Gasteiger partial charge in [0.05, 0.1) is 24.1 Å². The quantitative estimate of drug-likeness (QED) is 0.711. The van der Waals surface area contributed by atoms with Crippen molar-refractivity contribution in [2.75, 3.05) is 10.6 Å². The molecule has 24 heavy (non-hydrogen) atoms. The summed E-state index contributed by atoms with van der Waals surface area (Å²) in [5.41, 5.74) is 1.87. The van der Waals surface area contributed by atoms with Crippen molar-refractivity contribution in [2.24, 2.45) is 0 Å². The molecular weight excluding hydrogens is 326 g/mol. The number of nitrogens with one attached hydrogen (secondary N) is 2. The van der Waals surface area contributed by atoms with Gasteiger partial charge >= 0.3 is 0 Å². The fraction of sp³-hybridized carbons (Fsp3) is 0.250. The van der Waals surface area contributed by atoms with Crippen LogP contribution < -0.4 is 10.6 Å². The highest BCUT2D eigenvalue weighted by molar-refractivity contribution is 6.32. The molecule has 0 amide bonds. The van der Waals surface area contributed by atoms with Gasteiger partial charge in [-0.05, 0) is 25.5 Å². The number of hydrogen-bond donors (Lipinski definition) is 2. The highest BCUT2D eigenvalue weighted by Crippen LogP contribution is 2.25. The fourth-order valence-corrected chi connectivity index (χ4v) is 2.32. The first-order chi connectivity index (χ1) is 11.7. The molecule has 0 fully saturated rings. The third kappa shape index (κ3) is 3.80. The third-order valence-electron chi connectivity index (χ3n) is 3.50. The molecule has 3 aromatic heterocycles. The molecule has 1 unspecified atom stereocenters. The smallest absolute Gasteiger partial charge is 0.229 e. The largest absolute Gasteiger partial charge is 0.362 e. The van der Waals surface area contributed by atoms with Crippen LogP contribution in [0.5, 0.6) is 0 Å². The van der Waals surface area contributed by atoms with Gasteiger partial charge in [-0.2, -0.15) is 10.1 Å². The highest BCUT2D eigenvalue weighted by atomic mass is 35.5. The van der Waals surface area contributed by atoms with Gasteiger partial charge in [-0.3, -0.25) is 9.67 Å². The van der Waals surface area contributed by atoms with Gasteiger partial charge in [-0.25, -0.2) is 4.98 Å². The van der Waals surface area contributed by atoms with E-state index in [1.807, 2.05) is 43.1 Å². The summed E-state index contributed by atoms with van der Waals surface area (Å²) < 4.78 is 1.82. The number of aryl methyl sites for hydroxylation is 1. The van der Waals surface area contributed by atoms with Gasteiger partial charge in [-0.1, -0.05) is 17.7 Å². The van der Waals surface area contributed by atoms with Crippen LogP contribution >= 0.6 is 11.6 Å². The number of halogens is 1. The molecule has 3 heterocycles. The normalized spacial score (nSPS) is 12.0. The SMILES string of the molecule is CCn1cc(Nc2ncc(Cl)c(NC(C)c3cccnc3)n2)cn1. The summed E-state index contributed by atoms with van der Waals surface area (Å²) in [5, 5.41) is 11.1. The molecule has 0 bridgehead atoms. The van der Waals surface area contributed by atoms with Crippen LogP contribution in [0.2, 0.25) is 5.02 Å². The Morgan fingerprint density at radius 1 is 1.29 bits per heavy atom. The van der Waals surface area contributed by atoms with E-state index in [2.05, 4.69) is 30.7 Å². The monoisotopic (exact) mass is 343 g/mol. The van der Waals surface area contributed by atoms with Gasteiger partial charge in [0.1, 0.15) is 5.02 Å². The Labute approximate surface area is 145 Å². The lowest BCUT2D eigenvalue weighted by Gasteiger charge is -2.16. The summed E-state index contributed by atoms with van der Waals surface area (Å²) in [4.78, 5) is 12.8. The molecule has 0 spiro atoms. The van der Waals surface area contributed by atoms with E-state index >= 15 is 0 Å². The third-order valence-corrected chi connectivity index (χ3v) is 3.77. The van der Waals surface area contributed by atoms with Gasteiger partial charge in [0, 0.05) is 25.1 Å². The van der Waals surface area contributed by atoms with Gasteiger partial charge in [-0.15, -0.1) is 0 Å². The lowest BCUT2D eigenvalue weighted by molar-refractivity contribution is 0.660. The van der Waals surface area contributed by atoms with Crippen molar-refractivity contribution in [1.29, 1.82) is 0 Å². The molecule has 3 rings (SSSR count). The van der Waals surface area contributed by atoms with Crippen LogP contribution in [0.1, 0.15) is 25.5 Å². The maximum atomic E-state index is 6.21. The van der Waals surface area contributed by atoms with Crippen molar-refractivity contribution in [3.05, 3.63) is 53.7 Å². The molecular formula is C16H18ClN7. The minimum Gasteiger partial charge on any atom is -0.362 e. The van der Waals surface area contributed by atoms with Gasteiger partial charge in [0.25, 0.3) is 0 Å². The number of anilines is 3. The number of hydrogen-bond acceptors (Lipinski definition) is 6. The number of rotatable bonds is 6. The van der Waals surface area contributed by atoms with E-state index in [1.165, 1.54) is 0 Å². The van der Waals surface area contributed by atoms with Crippen LogP contribution in [0.3, 0.4) is 0 Å². The average Bonchev–Trinajstić information content (AvgIpc) is 3.06. The standard InChI is InChI=1S/C16H18ClN7/c1-3-24-10-13(8-20-24)22-16-19-9-14(17)15(23-16)21-11(2)12-5-4-6-18-7-12/h4-11H,3H2,1-2H3,(H2,19,21,22,23). The second kappa shape index (κ2) is 7.27. The predicted molar refractivity (Wildman–Crippen MR) is 94.5 cm³/mol. The molecule has 8 heteroatoms. The van der Waals surface area contributed by atoms with Crippen molar-refractivity contribution < 1.29 is 0 Å². The van der Waals surface area contributed by atoms with Crippen LogP contribution in [0.25, 0.3) is 0 Å². The zero-order chi connectivity index (χ0) is 16.9. The van der Waals surface area contributed by atoms with E-state index in [-0.39, 0.29) is 6.04 Å². The Morgan fingerprint density at radius 3 is 2.88 bits per heavy atom. The van der Waals surface area contributed by atoms with Crippen LogP contribution in [-0.2, 0) is 6.54 Å². The molecule has 7 nitrogen and oxygen atoms in total. The highest BCUT2D eigenvalue weighted by Gasteiger charge is 2.11. The number of pyridine rings is 1. The van der Waals surface area contributed by atoms with E-state index in [0.717, 1.165) is 17.8 Å². The van der Waals surface area contributed by atoms with E-state index in [9.17, 15) is 0 Å². The lowest BCUT2D eigenvalue weighted by atomic mass is 10.1. The van der Waals surface area contributed by atoms with Gasteiger partial charge in [0.15, 0.2) is 5.82 Å². The summed E-state index contributed by atoms with van der Waals surface area (Å²) in [6, 6.07) is 3.91. The van der Waals surface area contributed by atoms with E-state index in [4.69, 9.17) is 11.6 Å². The summed E-state index contributed by atoms with van der Waals surface area (Å²) >= 11 is 6.21. The number of aromatic nitrogens is 5. The van der Waals surface area contributed by atoms with E-state index < -0.39 is 0 Å². The Bertz CT molecular complexity index is 803. The first-order valence-electron chi connectivity index (χ1n) is 7.64. The Kier molecular flexibility index (Phi) is 4.90. The summed E-state index contributed by atoms with van der Waals surface area (Å²) in [7, 11) is 0. The van der Waals surface area contributed by atoms with Crippen LogP contribution in [-0.4, -0.2) is 24.7 Å². The molecule has 0 saturated carbocycles. The summed E-state index contributed by atoms with van der Waals surface area (Å²) in [6.45, 7) is 4.85. The molecule has 0 aliphatic carbocycles. The fourth-order valence-electron chi connectivity index (χ4n) is 2.18. The van der Waals surface area contributed by atoms with Crippen molar-refractivity contribution in [3.8, 4) is 0 Å². The Balaban J connectivity index is 1.76. The maximum Gasteiger partial charge on any atom is 0.229 e. The second-order valence-corrected chi connectivity index (χ2v) is 5.66. The Morgan fingerprint density at radius 2 is 2.17 bits per heavy atom. The van der Waals surface area contributed by atoms with Crippen molar-refractivity contribution in [3.63, 3.8) is 0 Å². The molecule has 0 saturated heterocycles. The van der Waals surface area contributed by atoms with Crippen molar-refractivity contribution in [2.45, 2.75) is 26.4 Å². The average molecular weight is 344 g/mol. The molecule has 124 valence electrons. The molecule has 0 aliphatic rings. The molecule has 1 atom stereocenters. The van der Waals surface area contributed by atoms with Crippen LogP contribution in [0.15, 0.2) is 43.1 Å². The molecule has 0 aliphatic heterocycles. The first-order valence-corrected chi connectivity index (χ1v) is 8.02. The maximum absolute atomic E-state index is 6.21. The summed E-state index contributed by atoms with van der Waals surface area (Å²) in [6.07, 6.45) is 8.74. The van der Waals surface area contributed by atoms with E-state index in [1.54, 1.807) is 18.6 Å². The lowest BCUT2D eigenvalue weighted by Crippen LogP contribution is -2.10. The molecule has 3 aromatic rings. The van der Waals surface area contributed by atoms with Gasteiger partial charge in [0.2, 0.25) is 5.95 Å². The zero-order valence-corrected chi connectivity index (χ0v) is 14.2. The Hall–Kier alpha value is -2.67. The van der Waals surface area contributed by atoms with Crippen molar-refractivity contribution >= 4 is 29.1 Å². The minimum absolute atomic E-state index is 0.0155. The van der Waals surface area contributed by atoms with Crippen LogP contribution in [0.4, 0.5) is 17.5 Å². The topological polar surface area (TPSA) is 80.5 Å².